The number of rotatable bonds is 5. The van der Waals surface area contributed by atoms with Crippen molar-refractivity contribution < 1.29 is 4.79 Å². The number of aryl methyl sites for hydroxylation is 2. The van der Waals surface area contributed by atoms with Gasteiger partial charge in [-0.3, -0.25) is 14.5 Å². The van der Waals surface area contributed by atoms with Crippen molar-refractivity contribution in [2.45, 2.75) is 39.8 Å². The molecule has 0 aliphatic rings. The van der Waals surface area contributed by atoms with Gasteiger partial charge in [0.2, 0.25) is 5.91 Å². The standard InChI is InChI=1S/C20H22BrN5O/c1-13-9-22-14(2)18(25-13)16-11-24-26(12-16)20(3,4)19(27)23-10-15-7-5-6-8-17(15)21/h5-9,11-12H,10H2,1-4H3,(H,23,27). The van der Waals surface area contributed by atoms with Gasteiger partial charge in [0.25, 0.3) is 0 Å². The fraction of sp³-hybridized carbons (Fsp3) is 0.300. The van der Waals surface area contributed by atoms with Crippen LogP contribution in [-0.4, -0.2) is 25.7 Å². The fourth-order valence-corrected chi connectivity index (χ4v) is 3.12. The van der Waals surface area contributed by atoms with Gasteiger partial charge in [0.1, 0.15) is 5.54 Å². The quantitative estimate of drug-likeness (QED) is 0.672. The van der Waals surface area contributed by atoms with Crippen LogP contribution in [0.2, 0.25) is 0 Å². The van der Waals surface area contributed by atoms with Crippen molar-refractivity contribution in [3.63, 3.8) is 0 Å². The van der Waals surface area contributed by atoms with Crippen LogP contribution >= 0.6 is 15.9 Å². The second-order valence-corrected chi connectivity index (χ2v) is 7.81. The van der Waals surface area contributed by atoms with Crippen LogP contribution in [0.15, 0.2) is 47.3 Å². The van der Waals surface area contributed by atoms with Gasteiger partial charge in [-0.05, 0) is 39.3 Å². The monoisotopic (exact) mass is 427 g/mol. The Morgan fingerprint density at radius 1 is 1.22 bits per heavy atom. The maximum absolute atomic E-state index is 12.8. The first-order valence-electron chi connectivity index (χ1n) is 8.66. The molecule has 0 saturated heterocycles. The molecule has 0 spiro atoms. The zero-order valence-corrected chi connectivity index (χ0v) is 17.4. The molecule has 0 radical (unpaired) electrons. The first-order chi connectivity index (χ1) is 12.8. The number of benzene rings is 1. The molecule has 0 atom stereocenters. The highest BCUT2D eigenvalue weighted by atomic mass is 79.9. The van der Waals surface area contributed by atoms with E-state index in [9.17, 15) is 4.79 Å². The Labute approximate surface area is 167 Å². The van der Waals surface area contributed by atoms with Gasteiger partial charge in [0.05, 0.1) is 23.3 Å². The summed E-state index contributed by atoms with van der Waals surface area (Å²) >= 11 is 3.50. The molecule has 0 bridgehead atoms. The number of hydrogen-bond donors (Lipinski definition) is 1. The summed E-state index contributed by atoms with van der Waals surface area (Å²) in [5, 5.41) is 7.40. The number of nitrogens with one attached hydrogen (secondary N) is 1. The van der Waals surface area contributed by atoms with Crippen molar-refractivity contribution in [3.05, 3.63) is 64.3 Å². The van der Waals surface area contributed by atoms with Crippen LogP contribution in [0, 0.1) is 13.8 Å². The predicted molar refractivity (Wildman–Crippen MR) is 108 cm³/mol. The summed E-state index contributed by atoms with van der Waals surface area (Å²) in [4.78, 5) is 21.7. The third kappa shape index (κ3) is 4.08. The molecule has 3 rings (SSSR count). The SMILES string of the molecule is Cc1cnc(C)c(-c2cnn(C(C)(C)C(=O)NCc3ccccc3Br)c2)n1. The van der Waals surface area contributed by atoms with Gasteiger partial charge >= 0.3 is 0 Å². The molecular formula is C20H22BrN5O. The first kappa shape index (κ1) is 19.2. The average Bonchev–Trinajstić information content (AvgIpc) is 3.13. The third-order valence-corrected chi connectivity index (χ3v) is 5.23. The lowest BCUT2D eigenvalue weighted by molar-refractivity contribution is -0.129. The Balaban J connectivity index is 1.78. The van der Waals surface area contributed by atoms with Gasteiger partial charge in [0.15, 0.2) is 0 Å². The topological polar surface area (TPSA) is 72.7 Å². The van der Waals surface area contributed by atoms with Crippen LogP contribution in [0.3, 0.4) is 0 Å². The Kier molecular flexibility index (Phi) is 5.41. The average molecular weight is 428 g/mol. The van der Waals surface area contributed by atoms with Gasteiger partial charge in [-0.25, -0.2) is 4.98 Å². The van der Waals surface area contributed by atoms with E-state index in [0.29, 0.717) is 6.54 Å². The van der Waals surface area contributed by atoms with Crippen molar-refractivity contribution in [1.29, 1.82) is 0 Å². The van der Waals surface area contributed by atoms with E-state index in [1.54, 1.807) is 17.1 Å². The molecule has 2 heterocycles. The summed E-state index contributed by atoms with van der Waals surface area (Å²) in [5.74, 6) is -0.111. The lowest BCUT2D eigenvalue weighted by Crippen LogP contribution is -2.44. The maximum atomic E-state index is 12.8. The van der Waals surface area contributed by atoms with Crippen LogP contribution in [0.4, 0.5) is 0 Å². The van der Waals surface area contributed by atoms with E-state index in [2.05, 4.69) is 36.3 Å². The highest BCUT2D eigenvalue weighted by Gasteiger charge is 2.31. The number of amides is 1. The van der Waals surface area contributed by atoms with E-state index < -0.39 is 5.54 Å². The molecule has 0 unspecified atom stereocenters. The van der Waals surface area contributed by atoms with Gasteiger partial charge in [-0.1, -0.05) is 34.1 Å². The fourth-order valence-electron chi connectivity index (χ4n) is 2.70. The van der Waals surface area contributed by atoms with Crippen molar-refractivity contribution in [2.75, 3.05) is 0 Å². The Morgan fingerprint density at radius 2 is 1.96 bits per heavy atom. The normalized spacial score (nSPS) is 11.4. The molecule has 1 amide bonds. The number of halogens is 1. The summed E-state index contributed by atoms with van der Waals surface area (Å²) in [6, 6.07) is 7.82. The van der Waals surface area contributed by atoms with Crippen LogP contribution < -0.4 is 5.32 Å². The molecule has 0 aliphatic carbocycles. The van der Waals surface area contributed by atoms with E-state index >= 15 is 0 Å². The van der Waals surface area contributed by atoms with Gasteiger partial charge in [-0.2, -0.15) is 5.10 Å². The minimum Gasteiger partial charge on any atom is -0.350 e. The van der Waals surface area contributed by atoms with Gasteiger partial charge in [-0.15, -0.1) is 0 Å². The van der Waals surface area contributed by atoms with E-state index in [1.165, 1.54) is 0 Å². The Hall–Kier alpha value is -2.54. The minimum atomic E-state index is -0.843. The lowest BCUT2D eigenvalue weighted by atomic mass is 10.0. The molecule has 1 N–H and O–H groups in total. The van der Waals surface area contributed by atoms with Crippen LogP contribution in [0.1, 0.15) is 30.8 Å². The molecule has 27 heavy (non-hydrogen) atoms. The van der Waals surface area contributed by atoms with Crippen LogP contribution in [0.25, 0.3) is 11.3 Å². The van der Waals surface area contributed by atoms with E-state index in [1.807, 2.05) is 58.2 Å². The number of nitrogens with zero attached hydrogens (tertiary/aromatic N) is 4. The minimum absolute atomic E-state index is 0.111. The Morgan fingerprint density at radius 3 is 2.70 bits per heavy atom. The number of aromatic nitrogens is 4. The highest BCUT2D eigenvalue weighted by Crippen LogP contribution is 2.23. The zero-order chi connectivity index (χ0) is 19.6. The summed E-state index contributed by atoms with van der Waals surface area (Å²) in [7, 11) is 0. The molecule has 0 fully saturated rings. The summed E-state index contributed by atoms with van der Waals surface area (Å²) in [5.41, 5.74) is 3.48. The Bertz CT molecular complexity index is 980. The molecule has 0 aliphatic heterocycles. The number of hydrogen-bond acceptors (Lipinski definition) is 4. The lowest BCUT2D eigenvalue weighted by Gasteiger charge is -2.24. The predicted octanol–water partition coefficient (Wildman–Crippen LogP) is 3.77. The van der Waals surface area contributed by atoms with Crippen LogP contribution in [0.5, 0.6) is 0 Å². The smallest absolute Gasteiger partial charge is 0.247 e. The van der Waals surface area contributed by atoms with Crippen LogP contribution in [-0.2, 0) is 16.9 Å². The van der Waals surface area contributed by atoms with Gasteiger partial charge < -0.3 is 5.32 Å². The molecule has 0 saturated carbocycles. The van der Waals surface area contributed by atoms with Crippen molar-refractivity contribution in [2.24, 2.45) is 0 Å². The van der Waals surface area contributed by atoms with E-state index in [0.717, 1.165) is 32.7 Å². The largest absolute Gasteiger partial charge is 0.350 e. The third-order valence-electron chi connectivity index (χ3n) is 4.46. The van der Waals surface area contributed by atoms with E-state index in [-0.39, 0.29) is 5.91 Å². The van der Waals surface area contributed by atoms with E-state index in [4.69, 9.17) is 0 Å². The summed E-state index contributed by atoms with van der Waals surface area (Å²) < 4.78 is 2.64. The molecular weight excluding hydrogens is 406 g/mol. The first-order valence-corrected chi connectivity index (χ1v) is 9.46. The maximum Gasteiger partial charge on any atom is 0.247 e. The number of carbonyl (C=O) groups is 1. The molecule has 3 aromatic rings. The molecule has 1 aromatic carbocycles. The zero-order valence-electron chi connectivity index (χ0n) is 15.8. The van der Waals surface area contributed by atoms with Crippen molar-refractivity contribution in [1.82, 2.24) is 25.1 Å². The molecule has 6 nitrogen and oxygen atoms in total. The summed E-state index contributed by atoms with van der Waals surface area (Å²) in [6.07, 6.45) is 5.30. The second kappa shape index (κ2) is 7.60. The summed E-state index contributed by atoms with van der Waals surface area (Å²) in [6.45, 7) is 7.94. The molecule has 140 valence electrons. The molecule has 2 aromatic heterocycles. The number of carbonyl (C=O) groups excluding carboxylic acids is 1. The molecule has 7 heteroatoms. The highest BCUT2D eigenvalue weighted by molar-refractivity contribution is 9.10. The van der Waals surface area contributed by atoms with Crippen molar-refractivity contribution in [3.8, 4) is 11.3 Å². The van der Waals surface area contributed by atoms with Gasteiger partial charge in [0, 0.05) is 29.0 Å². The van der Waals surface area contributed by atoms with Crippen molar-refractivity contribution >= 4 is 21.8 Å². The second-order valence-electron chi connectivity index (χ2n) is 6.95.